The molecule has 7 nitrogen and oxygen atoms in total. The maximum absolute atomic E-state index is 12.6. The molecule has 0 saturated heterocycles. The molecule has 0 aliphatic rings. The highest BCUT2D eigenvalue weighted by Crippen LogP contribution is 2.23. The van der Waals surface area contributed by atoms with Gasteiger partial charge in [0.2, 0.25) is 11.8 Å². The second kappa shape index (κ2) is 9.45. The van der Waals surface area contributed by atoms with Crippen LogP contribution in [0.5, 0.6) is 0 Å². The highest BCUT2D eigenvalue weighted by atomic mass is 16.2. The van der Waals surface area contributed by atoms with Crippen LogP contribution in [0.25, 0.3) is 11.4 Å². The summed E-state index contributed by atoms with van der Waals surface area (Å²) in [6, 6.07) is 18.9. The van der Waals surface area contributed by atoms with Gasteiger partial charge in [0.05, 0.1) is 12.7 Å². The van der Waals surface area contributed by atoms with Gasteiger partial charge in [-0.3, -0.25) is 9.59 Å². The summed E-state index contributed by atoms with van der Waals surface area (Å²) in [7, 11) is 1.72. The van der Waals surface area contributed by atoms with Crippen molar-refractivity contribution in [3.05, 3.63) is 66.9 Å². The molecule has 0 atom stereocenters. The third-order valence-electron chi connectivity index (χ3n) is 4.34. The van der Waals surface area contributed by atoms with Gasteiger partial charge in [-0.2, -0.15) is 0 Å². The minimum absolute atomic E-state index is 0.0195. The molecule has 0 radical (unpaired) electrons. The Morgan fingerprint density at radius 3 is 2.31 bits per heavy atom. The van der Waals surface area contributed by atoms with Crippen LogP contribution in [0.1, 0.15) is 13.3 Å². The second-order valence-electron chi connectivity index (χ2n) is 6.37. The molecular formula is C22H23N5O2. The van der Waals surface area contributed by atoms with Gasteiger partial charge in [0.1, 0.15) is 5.69 Å². The van der Waals surface area contributed by atoms with Crippen molar-refractivity contribution in [2.24, 2.45) is 0 Å². The predicted molar refractivity (Wildman–Crippen MR) is 115 cm³/mol. The SMILES string of the molecule is CCC(=O)Nc1cnc(-c2ccccc2)nc1NCC(=O)N(C)c1ccccc1. The van der Waals surface area contributed by atoms with E-state index in [0.29, 0.717) is 23.8 Å². The minimum Gasteiger partial charge on any atom is -0.359 e. The molecule has 7 heteroatoms. The fraction of sp³-hybridized carbons (Fsp3) is 0.182. The van der Waals surface area contributed by atoms with E-state index in [-0.39, 0.29) is 18.4 Å². The number of benzene rings is 2. The highest BCUT2D eigenvalue weighted by molar-refractivity contribution is 5.97. The first-order chi connectivity index (χ1) is 14.1. The minimum atomic E-state index is -0.156. The number of likely N-dealkylation sites (N-methyl/N-ethyl adjacent to an activating group) is 1. The third kappa shape index (κ3) is 5.16. The van der Waals surface area contributed by atoms with Gasteiger partial charge in [0.25, 0.3) is 0 Å². The first-order valence-electron chi connectivity index (χ1n) is 9.36. The molecular weight excluding hydrogens is 366 g/mol. The van der Waals surface area contributed by atoms with Crippen molar-refractivity contribution >= 4 is 29.0 Å². The lowest BCUT2D eigenvalue weighted by molar-refractivity contribution is -0.117. The molecule has 1 aromatic heterocycles. The largest absolute Gasteiger partial charge is 0.359 e. The molecule has 148 valence electrons. The fourth-order valence-electron chi connectivity index (χ4n) is 2.65. The Kier molecular flexibility index (Phi) is 6.52. The average molecular weight is 389 g/mol. The quantitative estimate of drug-likeness (QED) is 0.645. The standard InChI is InChI=1S/C22H23N5O2/c1-3-19(28)25-18-14-23-21(16-10-6-4-7-11-16)26-22(18)24-15-20(29)27(2)17-12-8-5-9-13-17/h4-14H,3,15H2,1-2H3,(H,25,28)(H,23,24,26). The number of nitrogens with zero attached hydrogens (tertiary/aromatic N) is 3. The number of aromatic nitrogens is 2. The van der Waals surface area contributed by atoms with Gasteiger partial charge >= 0.3 is 0 Å². The molecule has 0 bridgehead atoms. The monoisotopic (exact) mass is 389 g/mol. The molecule has 2 amide bonds. The van der Waals surface area contributed by atoms with Gasteiger partial charge in [-0.25, -0.2) is 9.97 Å². The third-order valence-corrected chi connectivity index (χ3v) is 4.34. The van der Waals surface area contributed by atoms with E-state index < -0.39 is 0 Å². The number of anilines is 3. The Morgan fingerprint density at radius 2 is 1.66 bits per heavy atom. The van der Waals surface area contributed by atoms with Crippen LogP contribution in [0.4, 0.5) is 17.2 Å². The van der Waals surface area contributed by atoms with E-state index in [1.807, 2.05) is 60.7 Å². The smallest absolute Gasteiger partial charge is 0.246 e. The molecule has 0 unspecified atom stereocenters. The van der Waals surface area contributed by atoms with Crippen molar-refractivity contribution in [1.29, 1.82) is 0 Å². The van der Waals surface area contributed by atoms with Crippen molar-refractivity contribution in [2.45, 2.75) is 13.3 Å². The average Bonchev–Trinajstić information content (AvgIpc) is 2.78. The Hall–Kier alpha value is -3.74. The van der Waals surface area contributed by atoms with Crippen LogP contribution in [-0.4, -0.2) is 35.4 Å². The van der Waals surface area contributed by atoms with Gasteiger partial charge in [-0.15, -0.1) is 0 Å². The number of amides is 2. The van der Waals surface area contributed by atoms with E-state index in [1.54, 1.807) is 25.1 Å². The molecule has 0 aliphatic heterocycles. The molecule has 2 aromatic carbocycles. The molecule has 29 heavy (non-hydrogen) atoms. The second-order valence-corrected chi connectivity index (χ2v) is 6.37. The highest BCUT2D eigenvalue weighted by Gasteiger charge is 2.14. The summed E-state index contributed by atoms with van der Waals surface area (Å²) in [5, 5.41) is 5.82. The first kappa shape index (κ1) is 20.0. The first-order valence-corrected chi connectivity index (χ1v) is 9.36. The van der Waals surface area contributed by atoms with Crippen molar-refractivity contribution < 1.29 is 9.59 Å². The van der Waals surface area contributed by atoms with Crippen molar-refractivity contribution in [2.75, 3.05) is 29.1 Å². The number of nitrogens with one attached hydrogen (secondary N) is 2. The van der Waals surface area contributed by atoms with Crippen LogP contribution in [0.3, 0.4) is 0 Å². The van der Waals surface area contributed by atoms with Crippen LogP contribution in [0.15, 0.2) is 66.9 Å². The molecule has 3 aromatic rings. The molecule has 0 aliphatic carbocycles. The summed E-state index contributed by atoms with van der Waals surface area (Å²) in [5.41, 5.74) is 2.08. The Morgan fingerprint density at radius 1 is 1.00 bits per heavy atom. The summed E-state index contributed by atoms with van der Waals surface area (Å²) >= 11 is 0. The summed E-state index contributed by atoms with van der Waals surface area (Å²) in [5.74, 6) is 0.614. The van der Waals surface area contributed by atoms with Crippen LogP contribution >= 0.6 is 0 Å². The molecule has 0 fully saturated rings. The normalized spacial score (nSPS) is 10.3. The summed E-state index contributed by atoms with van der Waals surface area (Å²) in [6.45, 7) is 1.78. The number of hydrogen-bond donors (Lipinski definition) is 2. The van der Waals surface area contributed by atoms with E-state index >= 15 is 0 Å². The van der Waals surface area contributed by atoms with Gasteiger partial charge in [-0.05, 0) is 12.1 Å². The number of para-hydroxylation sites is 1. The molecule has 0 spiro atoms. The van der Waals surface area contributed by atoms with Crippen molar-refractivity contribution in [1.82, 2.24) is 9.97 Å². The van der Waals surface area contributed by atoms with Gasteiger partial charge in [0, 0.05) is 24.7 Å². The Bertz CT molecular complexity index is 977. The summed E-state index contributed by atoms with van der Waals surface area (Å²) in [6.07, 6.45) is 1.88. The number of carbonyl (C=O) groups excluding carboxylic acids is 2. The van der Waals surface area contributed by atoms with Gasteiger partial charge in [0.15, 0.2) is 11.6 Å². The fourth-order valence-corrected chi connectivity index (χ4v) is 2.65. The van der Waals surface area contributed by atoms with Crippen LogP contribution in [0, 0.1) is 0 Å². The molecule has 0 saturated carbocycles. The summed E-state index contributed by atoms with van der Waals surface area (Å²) in [4.78, 5) is 34.9. The Labute approximate surface area is 169 Å². The number of hydrogen-bond acceptors (Lipinski definition) is 5. The maximum atomic E-state index is 12.6. The zero-order chi connectivity index (χ0) is 20.6. The zero-order valence-corrected chi connectivity index (χ0v) is 16.4. The van der Waals surface area contributed by atoms with Crippen LogP contribution in [0.2, 0.25) is 0 Å². The van der Waals surface area contributed by atoms with Gasteiger partial charge in [-0.1, -0.05) is 55.5 Å². The molecule has 1 heterocycles. The summed E-state index contributed by atoms with van der Waals surface area (Å²) < 4.78 is 0. The Balaban J connectivity index is 1.81. The van der Waals surface area contributed by atoms with Crippen molar-refractivity contribution in [3.63, 3.8) is 0 Å². The van der Waals surface area contributed by atoms with Gasteiger partial charge < -0.3 is 15.5 Å². The topological polar surface area (TPSA) is 87.2 Å². The van der Waals surface area contributed by atoms with E-state index in [9.17, 15) is 9.59 Å². The zero-order valence-electron chi connectivity index (χ0n) is 16.4. The predicted octanol–water partition coefficient (Wildman–Crippen LogP) is 3.57. The lowest BCUT2D eigenvalue weighted by Gasteiger charge is -2.18. The van der Waals surface area contributed by atoms with E-state index in [0.717, 1.165) is 11.3 Å². The van der Waals surface area contributed by atoms with E-state index in [4.69, 9.17) is 0 Å². The lowest BCUT2D eigenvalue weighted by Crippen LogP contribution is -2.32. The number of carbonyl (C=O) groups is 2. The molecule has 2 N–H and O–H groups in total. The van der Waals surface area contributed by atoms with Crippen molar-refractivity contribution in [3.8, 4) is 11.4 Å². The van der Waals surface area contributed by atoms with Crippen LogP contribution < -0.4 is 15.5 Å². The lowest BCUT2D eigenvalue weighted by atomic mass is 10.2. The van der Waals surface area contributed by atoms with E-state index in [1.165, 1.54) is 0 Å². The molecule has 3 rings (SSSR count). The van der Waals surface area contributed by atoms with Crippen LogP contribution in [-0.2, 0) is 9.59 Å². The maximum Gasteiger partial charge on any atom is 0.246 e. The number of rotatable bonds is 7. The van der Waals surface area contributed by atoms with E-state index in [2.05, 4.69) is 20.6 Å².